The molecule has 4 aromatic rings. The Bertz CT molecular complexity index is 1090. The minimum absolute atomic E-state index is 0.153. The lowest BCUT2D eigenvalue weighted by Gasteiger charge is -2.23. The molecule has 0 saturated carbocycles. The molecule has 0 spiro atoms. The van der Waals surface area contributed by atoms with Crippen LogP contribution in [0.15, 0.2) is 78.9 Å². The van der Waals surface area contributed by atoms with Gasteiger partial charge in [-0.3, -0.25) is 0 Å². The Morgan fingerprint density at radius 2 is 1.46 bits per heavy atom. The van der Waals surface area contributed by atoms with Crippen LogP contribution >= 0.6 is 0 Å². The summed E-state index contributed by atoms with van der Waals surface area (Å²) in [6.07, 6.45) is 1.09. The fourth-order valence-electron chi connectivity index (χ4n) is 3.13. The van der Waals surface area contributed by atoms with Gasteiger partial charge in [0.05, 0.1) is 10.9 Å². The van der Waals surface area contributed by atoms with Crippen molar-refractivity contribution in [2.75, 3.05) is 0 Å². The summed E-state index contributed by atoms with van der Waals surface area (Å²) >= 11 is 0. The molecule has 0 N–H and O–H groups in total. The van der Waals surface area contributed by atoms with Crippen LogP contribution in [0.25, 0.3) is 22.3 Å². The molecule has 0 radical (unpaired) electrons. The lowest BCUT2D eigenvalue weighted by atomic mass is 9.82. The highest BCUT2D eigenvalue weighted by molar-refractivity contribution is 5.85. The molecule has 0 aliphatic rings. The first-order valence-electron chi connectivity index (χ1n) is 9.67. The molecule has 0 atom stereocenters. The van der Waals surface area contributed by atoms with E-state index in [-0.39, 0.29) is 5.41 Å². The minimum atomic E-state index is 0.153. The van der Waals surface area contributed by atoms with Gasteiger partial charge < -0.3 is 4.74 Å². The van der Waals surface area contributed by atoms with Crippen molar-refractivity contribution >= 4 is 10.9 Å². The number of hydrogen-bond donors (Lipinski definition) is 0. The first-order valence-corrected chi connectivity index (χ1v) is 9.67. The Kier molecular flexibility index (Phi) is 4.82. The SMILES string of the molecule is CCC(C)(C)c1ccc(Oc2nc(-c3ccccc3)nc3ccccc23)cc1. The summed E-state index contributed by atoms with van der Waals surface area (Å²) in [4.78, 5) is 9.43. The monoisotopic (exact) mass is 368 g/mol. The van der Waals surface area contributed by atoms with Crippen molar-refractivity contribution < 1.29 is 4.74 Å². The lowest BCUT2D eigenvalue weighted by Crippen LogP contribution is -2.14. The van der Waals surface area contributed by atoms with E-state index < -0.39 is 0 Å². The fourth-order valence-corrected chi connectivity index (χ4v) is 3.13. The fraction of sp³-hybridized carbons (Fsp3) is 0.200. The van der Waals surface area contributed by atoms with Crippen molar-refractivity contribution in [3.63, 3.8) is 0 Å². The van der Waals surface area contributed by atoms with Crippen LogP contribution in [0.2, 0.25) is 0 Å². The summed E-state index contributed by atoms with van der Waals surface area (Å²) in [7, 11) is 0. The molecule has 0 fully saturated rings. The number of ether oxygens (including phenoxy) is 1. The Morgan fingerprint density at radius 1 is 0.786 bits per heavy atom. The topological polar surface area (TPSA) is 35.0 Å². The van der Waals surface area contributed by atoms with Crippen LogP contribution in [0, 0.1) is 0 Å². The Labute approximate surface area is 166 Å². The molecule has 140 valence electrons. The molecule has 3 nitrogen and oxygen atoms in total. The number of benzene rings is 3. The second-order valence-electron chi connectivity index (χ2n) is 7.60. The summed E-state index contributed by atoms with van der Waals surface area (Å²) in [6.45, 7) is 6.72. The zero-order chi connectivity index (χ0) is 19.6. The van der Waals surface area contributed by atoms with E-state index in [1.54, 1.807) is 0 Å². The van der Waals surface area contributed by atoms with E-state index in [2.05, 4.69) is 32.9 Å². The van der Waals surface area contributed by atoms with Gasteiger partial charge in [0.1, 0.15) is 5.75 Å². The van der Waals surface area contributed by atoms with Gasteiger partial charge in [-0.15, -0.1) is 0 Å². The van der Waals surface area contributed by atoms with Gasteiger partial charge in [-0.25, -0.2) is 4.98 Å². The third kappa shape index (κ3) is 3.61. The van der Waals surface area contributed by atoms with Crippen molar-refractivity contribution in [2.45, 2.75) is 32.6 Å². The zero-order valence-electron chi connectivity index (χ0n) is 16.5. The summed E-state index contributed by atoms with van der Waals surface area (Å²) < 4.78 is 6.20. The van der Waals surface area contributed by atoms with Crippen molar-refractivity contribution in [2.24, 2.45) is 0 Å². The molecule has 0 unspecified atom stereocenters. The van der Waals surface area contributed by atoms with Crippen LogP contribution in [-0.4, -0.2) is 9.97 Å². The normalized spacial score (nSPS) is 11.5. The van der Waals surface area contributed by atoms with Crippen LogP contribution < -0.4 is 4.74 Å². The van der Waals surface area contributed by atoms with Crippen molar-refractivity contribution in [3.8, 4) is 23.0 Å². The largest absolute Gasteiger partial charge is 0.438 e. The molecule has 0 aliphatic heterocycles. The van der Waals surface area contributed by atoms with E-state index in [0.717, 1.165) is 28.6 Å². The molecule has 1 aromatic heterocycles. The van der Waals surface area contributed by atoms with Crippen LogP contribution in [-0.2, 0) is 5.41 Å². The molecule has 4 rings (SSSR count). The Hall–Kier alpha value is -3.20. The summed E-state index contributed by atoms with van der Waals surface area (Å²) in [5.41, 5.74) is 3.30. The van der Waals surface area contributed by atoms with Gasteiger partial charge in [-0.2, -0.15) is 4.98 Å². The maximum Gasteiger partial charge on any atom is 0.230 e. The number of rotatable bonds is 5. The third-order valence-corrected chi connectivity index (χ3v) is 5.33. The first-order chi connectivity index (χ1) is 13.6. The number of fused-ring (bicyclic) bond motifs is 1. The van der Waals surface area contributed by atoms with E-state index in [1.807, 2.05) is 66.7 Å². The van der Waals surface area contributed by atoms with E-state index in [9.17, 15) is 0 Å². The van der Waals surface area contributed by atoms with Gasteiger partial charge in [0.25, 0.3) is 0 Å². The van der Waals surface area contributed by atoms with Gasteiger partial charge in [0.15, 0.2) is 5.82 Å². The first kappa shape index (κ1) is 18.2. The van der Waals surface area contributed by atoms with E-state index in [4.69, 9.17) is 14.7 Å². The minimum Gasteiger partial charge on any atom is -0.438 e. The van der Waals surface area contributed by atoms with Gasteiger partial charge >= 0.3 is 0 Å². The molecule has 0 aliphatic carbocycles. The van der Waals surface area contributed by atoms with Crippen LogP contribution in [0.3, 0.4) is 0 Å². The molecule has 0 bridgehead atoms. The standard InChI is InChI=1S/C25H24N2O/c1-4-25(2,3)19-14-16-20(17-15-19)28-24-21-12-8-9-13-22(21)26-23(27-24)18-10-6-5-7-11-18/h5-17H,4H2,1-3H3. The highest BCUT2D eigenvalue weighted by Gasteiger charge is 2.18. The molecule has 28 heavy (non-hydrogen) atoms. The summed E-state index contributed by atoms with van der Waals surface area (Å²) in [5.74, 6) is 2.02. The predicted molar refractivity (Wildman–Crippen MR) is 115 cm³/mol. The van der Waals surface area contributed by atoms with E-state index in [0.29, 0.717) is 11.7 Å². The highest BCUT2D eigenvalue weighted by atomic mass is 16.5. The molecular formula is C25H24N2O. The summed E-state index contributed by atoms with van der Waals surface area (Å²) in [5, 5.41) is 0.903. The van der Waals surface area contributed by atoms with Gasteiger partial charge in [-0.1, -0.05) is 75.4 Å². The molecule has 1 heterocycles. The Balaban J connectivity index is 1.74. The van der Waals surface area contributed by atoms with E-state index >= 15 is 0 Å². The van der Waals surface area contributed by atoms with E-state index in [1.165, 1.54) is 5.56 Å². The quantitative estimate of drug-likeness (QED) is 0.389. The number of nitrogens with zero attached hydrogens (tertiary/aromatic N) is 2. The number of para-hydroxylation sites is 1. The summed E-state index contributed by atoms with van der Waals surface area (Å²) in [6, 6.07) is 26.2. The third-order valence-electron chi connectivity index (χ3n) is 5.33. The number of aromatic nitrogens is 2. The molecule has 0 saturated heterocycles. The van der Waals surface area contributed by atoms with Gasteiger partial charge in [0, 0.05) is 5.56 Å². The van der Waals surface area contributed by atoms with Crippen LogP contribution in [0.4, 0.5) is 0 Å². The predicted octanol–water partition coefficient (Wildman–Crippen LogP) is 6.78. The van der Waals surface area contributed by atoms with Crippen molar-refractivity contribution in [1.82, 2.24) is 9.97 Å². The van der Waals surface area contributed by atoms with Crippen molar-refractivity contribution in [3.05, 3.63) is 84.4 Å². The smallest absolute Gasteiger partial charge is 0.230 e. The van der Waals surface area contributed by atoms with Gasteiger partial charge in [0.2, 0.25) is 5.88 Å². The van der Waals surface area contributed by atoms with Crippen molar-refractivity contribution in [1.29, 1.82) is 0 Å². The lowest BCUT2D eigenvalue weighted by molar-refractivity contribution is 0.466. The molecular weight excluding hydrogens is 344 g/mol. The second kappa shape index (κ2) is 7.43. The second-order valence-corrected chi connectivity index (χ2v) is 7.60. The number of hydrogen-bond acceptors (Lipinski definition) is 3. The Morgan fingerprint density at radius 3 is 2.18 bits per heavy atom. The molecule has 0 amide bonds. The highest BCUT2D eigenvalue weighted by Crippen LogP contribution is 2.32. The van der Waals surface area contributed by atoms with Crippen LogP contribution in [0.1, 0.15) is 32.8 Å². The average Bonchev–Trinajstić information content (AvgIpc) is 2.74. The maximum atomic E-state index is 6.20. The maximum absolute atomic E-state index is 6.20. The van der Waals surface area contributed by atoms with Crippen LogP contribution in [0.5, 0.6) is 11.6 Å². The average molecular weight is 368 g/mol. The molecule has 3 heteroatoms. The molecule has 3 aromatic carbocycles. The van der Waals surface area contributed by atoms with Gasteiger partial charge in [-0.05, 0) is 41.7 Å². The zero-order valence-corrected chi connectivity index (χ0v) is 16.5.